The molecule has 1 saturated heterocycles. The number of carboxylic acids is 2. The highest BCUT2D eigenvalue weighted by molar-refractivity contribution is 5.96. The number of carbonyl (C=O) groups excluding carboxylic acids is 5. The zero-order chi connectivity index (χ0) is 44.5. The van der Waals surface area contributed by atoms with Crippen molar-refractivity contribution < 1.29 is 67.5 Å². The fourth-order valence-corrected chi connectivity index (χ4v) is 6.05. The summed E-state index contributed by atoms with van der Waals surface area (Å²) in [5, 5.41) is 36.7. The fraction of sp³-hybridized carbons (Fsp3) is 0.410. The van der Waals surface area contributed by atoms with E-state index in [4.69, 9.17) is 35.2 Å². The van der Waals surface area contributed by atoms with E-state index in [9.17, 15) is 43.8 Å². The number of aliphatic carboxylic acids is 2. The van der Waals surface area contributed by atoms with E-state index >= 15 is 0 Å². The Hall–Kier alpha value is -7.07. The number of aliphatic imine (C=N–C) groups is 1. The van der Waals surface area contributed by atoms with Crippen LogP contribution in [-0.2, 0) is 43.0 Å². The second kappa shape index (κ2) is 22.9. The molecule has 4 amide bonds. The fourth-order valence-electron chi connectivity index (χ4n) is 6.05. The monoisotopic (exact) mass is 853 g/mol. The number of benzene rings is 2. The number of ether oxygens (including phenoxy) is 3. The first-order chi connectivity index (χ1) is 29.2. The van der Waals surface area contributed by atoms with E-state index in [1.807, 2.05) is 58.4 Å². The van der Waals surface area contributed by atoms with Crippen LogP contribution in [0.5, 0.6) is 5.75 Å². The number of nitrogens with zero attached hydrogens (tertiary/aromatic N) is 2. The highest BCUT2D eigenvalue weighted by Crippen LogP contribution is 2.32. The molecule has 1 fully saturated rings. The predicted octanol–water partition coefficient (Wildman–Crippen LogP) is -2.26. The number of nitrogens with two attached hydrogens (primary N) is 2. The summed E-state index contributed by atoms with van der Waals surface area (Å²) < 4.78 is 25.2. The van der Waals surface area contributed by atoms with Crippen LogP contribution in [0.2, 0.25) is 0 Å². The Morgan fingerprint density at radius 2 is 1.61 bits per heavy atom. The standard InChI is InChI=1S/C39H48N8O14/c1-2-25(45-39(40)41)34(37(55)42-19-30(50)43-26(17-32(51)52)36(54)44-27(20-48)38(56)57)46-29(49)11-12-33(53)60-21-59-28-18-31(47-13-15-58-16-14-47)61-35-23(9-6-10-24(28)35)22-7-4-3-5-8-22/h3-10,18,25-27,34,48H,2,11-17,19-21H2,1H3,(H9-,40,41,42,43,44,45,46,49,50,51,52,54,55,56,57)/p+1/t25?,26-,27-,34-/m0/s1. The van der Waals surface area contributed by atoms with Crippen molar-refractivity contribution in [1.82, 2.24) is 25.8 Å². The molecular formula is C39H49N8O14+. The summed E-state index contributed by atoms with van der Waals surface area (Å²) in [6.45, 7) is 1.43. The number of carboxylic acid groups (broad SMARTS) is 2. The van der Waals surface area contributed by atoms with Crippen molar-refractivity contribution in [3.05, 3.63) is 60.2 Å². The van der Waals surface area contributed by atoms with Crippen LogP contribution in [0.1, 0.15) is 32.6 Å². The Bertz CT molecular complexity index is 2170. The number of rotatable bonds is 21. The highest BCUT2D eigenvalue weighted by atomic mass is 16.7. The number of aliphatic hydroxyl groups excluding tert-OH is 1. The number of morpholine rings is 1. The lowest BCUT2D eigenvalue weighted by atomic mass is 10.0. The van der Waals surface area contributed by atoms with Gasteiger partial charge in [0.2, 0.25) is 30.4 Å². The lowest BCUT2D eigenvalue weighted by Gasteiger charge is -2.24. The number of hydrogen-bond acceptors (Lipinski definition) is 13. The maximum atomic E-state index is 13.3. The summed E-state index contributed by atoms with van der Waals surface area (Å²) in [4.78, 5) is 90.8. The third kappa shape index (κ3) is 14.0. The van der Waals surface area contributed by atoms with Gasteiger partial charge in [-0.25, -0.2) is 9.79 Å². The van der Waals surface area contributed by atoms with Gasteiger partial charge in [-0.3, -0.25) is 28.8 Å². The van der Waals surface area contributed by atoms with E-state index < -0.39 is 111 Å². The molecule has 2 aromatic carbocycles. The third-order valence-electron chi connectivity index (χ3n) is 9.11. The number of fused-ring (bicyclic) bond motifs is 1. The summed E-state index contributed by atoms with van der Waals surface area (Å²) in [7, 11) is 0. The Balaban J connectivity index is 1.38. The Kier molecular flexibility index (Phi) is 17.5. The minimum absolute atomic E-state index is 0.111. The van der Waals surface area contributed by atoms with Gasteiger partial charge in [0, 0.05) is 12.0 Å². The number of amides is 4. The molecule has 0 saturated carbocycles. The average molecular weight is 854 g/mol. The molecule has 22 nitrogen and oxygen atoms in total. The molecule has 1 aliphatic rings. The topological polar surface area (TPSA) is 337 Å². The molecule has 0 aliphatic carbocycles. The lowest BCUT2D eigenvalue weighted by molar-refractivity contribution is -0.151. The number of para-hydroxylation sites is 1. The summed E-state index contributed by atoms with van der Waals surface area (Å²) in [5.41, 5.74) is 13.9. The quantitative estimate of drug-likeness (QED) is 0.0179. The summed E-state index contributed by atoms with van der Waals surface area (Å²) in [6, 6.07) is 10.8. The van der Waals surface area contributed by atoms with E-state index in [0.29, 0.717) is 48.6 Å². The molecule has 0 bridgehead atoms. The lowest BCUT2D eigenvalue weighted by Crippen LogP contribution is -2.56. The molecule has 1 aromatic heterocycles. The predicted molar refractivity (Wildman–Crippen MR) is 214 cm³/mol. The van der Waals surface area contributed by atoms with E-state index in [1.54, 1.807) is 13.0 Å². The van der Waals surface area contributed by atoms with Crippen LogP contribution >= 0.6 is 0 Å². The van der Waals surface area contributed by atoms with Crippen LogP contribution in [0.4, 0.5) is 0 Å². The van der Waals surface area contributed by atoms with E-state index in [2.05, 4.69) is 20.9 Å². The Labute approximate surface area is 347 Å². The smallest absolute Gasteiger partial charge is 0.371 e. The second-order valence-electron chi connectivity index (χ2n) is 13.5. The van der Waals surface area contributed by atoms with Gasteiger partial charge in [0.05, 0.1) is 43.5 Å². The van der Waals surface area contributed by atoms with Crippen LogP contribution in [-0.4, -0.2) is 133 Å². The number of nitrogens with one attached hydrogen (secondary N) is 4. The first-order valence-corrected chi connectivity index (χ1v) is 19.1. The van der Waals surface area contributed by atoms with Gasteiger partial charge < -0.3 is 66.7 Å². The van der Waals surface area contributed by atoms with Crippen LogP contribution in [0.25, 0.3) is 22.1 Å². The maximum Gasteiger partial charge on any atom is 0.371 e. The molecule has 4 atom stereocenters. The van der Waals surface area contributed by atoms with Crippen LogP contribution in [0.3, 0.4) is 0 Å². The average Bonchev–Trinajstić information content (AvgIpc) is 3.24. The van der Waals surface area contributed by atoms with Crippen molar-refractivity contribution in [2.75, 3.05) is 46.2 Å². The maximum absolute atomic E-state index is 13.3. The van der Waals surface area contributed by atoms with Crippen LogP contribution in [0, 0.1) is 0 Å². The van der Waals surface area contributed by atoms with Crippen LogP contribution < -0.4 is 47.6 Å². The molecule has 2 heterocycles. The SMILES string of the molecule is CCC(N=C(N)N)[C@H](NC(=O)CCC(=O)OCOc1cc(=[N+]2CCOCC2)oc2c(-c3ccccc3)cccc12)C(=O)NCC(=O)N[C@@H](CC(=O)O)C(=O)N[C@@H](CO)C(=O)O. The molecule has 11 N–H and O–H groups in total. The zero-order valence-electron chi connectivity index (χ0n) is 33.2. The van der Waals surface area contributed by atoms with Crippen molar-refractivity contribution in [3.8, 4) is 16.9 Å². The Morgan fingerprint density at radius 3 is 2.25 bits per heavy atom. The molecule has 328 valence electrons. The zero-order valence-corrected chi connectivity index (χ0v) is 33.2. The molecule has 0 radical (unpaired) electrons. The van der Waals surface area contributed by atoms with Crippen LogP contribution in [0.15, 0.2) is 64.0 Å². The Morgan fingerprint density at radius 1 is 0.885 bits per heavy atom. The van der Waals surface area contributed by atoms with Crippen molar-refractivity contribution in [3.63, 3.8) is 0 Å². The van der Waals surface area contributed by atoms with Gasteiger partial charge in [0.15, 0.2) is 24.6 Å². The number of aliphatic hydroxyl groups is 1. The van der Waals surface area contributed by atoms with Gasteiger partial charge >= 0.3 is 23.5 Å². The van der Waals surface area contributed by atoms with Gasteiger partial charge in [0.25, 0.3) is 0 Å². The number of carbonyl (C=O) groups is 7. The van der Waals surface area contributed by atoms with E-state index in [0.717, 1.165) is 11.1 Å². The molecular weight excluding hydrogens is 804 g/mol. The first kappa shape index (κ1) is 46.6. The van der Waals surface area contributed by atoms with E-state index in [1.165, 1.54) is 0 Å². The van der Waals surface area contributed by atoms with E-state index in [-0.39, 0.29) is 6.42 Å². The van der Waals surface area contributed by atoms with Crippen molar-refractivity contribution in [2.45, 2.75) is 56.8 Å². The minimum atomic E-state index is -1.79. The minimum Gasteiger partial charge on any atom is -0.481 e. The third-order valence-corrected chi connectivity index (χ3v) is 9.11. The van der Waals surface area contributed by atoms with Crippen molar-refractivity contribution in [1.29, 1.82) is 0 Å². The van der Waals surface area contributed by atoms with Gasteiger partial charge in [0.1, 0.15) is 37.1 Å². The molecule has 4 rings (SSSR count). The second-order valence-corrected chi connectivity index (χ2v) is 13.5. The number of guanidine groups is 1. The van der Waals surface area contributed by atoms with Gasteiger partial charge in [-0.2, -0.15) is 4.58 Å². The van der Waals surface area contributed by atoms with Gasteiger partial charge in [-0.1, -0.05) is 49.4 Å². The molecule has 3 aromatic rings. The highest BCUT2D eigenvalue weighted by Gasteiger charge is 2.31. The molecule has 0 spiro atoms. The molecule has 1 unspecified atom stereocenters. The normalized spacial score (nSPS) is 14.3. The summed E-state index contributed by atoms with van der Waals surface area (Å²) >= 11 is 0. The van der Waals surface area contributed by atoms with Crippen molar-refractivity contribution >= 4 is 58.5 Å². The largest absolute Gasteiger partial charge is 0.481 e. The van der Waals surface area contributed by atoms with Gasteiger partial charge in [-0.05, 0) is 18.1 Å². The molecule has 1 aliphatic heterocycles. The summed E-state index contributed by atoms with van der Waals surface area (Å²) in [5.74, 6) is -8.03. The summed E-state index contributed by atoms with van der Waals surface area (Å²) in [6.07, 6.45) is -1.74. The van der Waals surface area contributed by atoms with Gasteiger partial charge in [-0.15, -0.1) is 0 Å². The number of hydrogen-bond donors (Lipinski definition) is 9. The van der Waals surface area contributed by atoms with Crippen molar-refractivity contribution in [2.24, 2.45) is 16.5 Å². The number of esters is 1. The molecule has 22 heteroatoms. The molecule has 61 heavy (non-hydrogen) atoms. The first-order valence-electron chi connectivity index (χ1n) is 19.1.